The van der Waals surface area contributed by atoms with Crippen LogP contribution in [0.15, 0.2) is 59.5 Å². The Labute approximate surface area is 229 Å². The number of hydrogen-bond donors (Lipinski definition) is 1. The highest BCUT2D eigenvalue weighted by molar-refractivity contribution is 7.92. The molecule has 0 radical (unpaired) electrons. The summed E-state index contributed by atoms with van der Waals surface area (Å²) in [4.78, 5) is 13.3. The Morgan fingerprint density at radius 2 is 1.54 bits per heavy atom. The lowest BCUT2D eigenvalue weighted by Crippen LogP contribution is -2.41. The van der Waals surface area contributed by atoms with Crippen LogP contribution in [0.1, 0.15) is 55.0 Å². The number of amides is 1. The molecule has 0 aliphatic carbocycles. The molecule has 6 nitrogen and oxygen atoms in total. The molecule has 0 fully saturated rings. The molecule has 0 aliphatic rings. The summed E-state index contributed by atoms with van der Waals surface area (Å²) in [5.74, 6) is 0.545. The van der Waals surface area contributed by atoms with Crippen molar-refractivity contribution >= 4 is 44.8 Å². The molecule has 0 aliphatic heterocycles. The molecular formula is C28H32Cl2N2O4S. The third-order valence-corrected chi connectivity index (χ3v) is 8.34. The first-order valence-corrected chi connectivity index (χ1v) is 14.1. The van der Waals surface area contributed by atoms with Crippen LogP contribution in [0.5, 0.6) is 5.75 Å². The molecule has 1 atom stereocenters. The van der Waals surface area contributed by atoms with Crippen molar-refractivity contribution in [2.75, 3.05) is 18.0 Å². The fourth-order valence-electron chi connectivity index (χ4n) is 4.14. The van der Waals surface area contributed by atoms with Gasteiger partial charge in [-0.2, -0.15) is 0 Å². The number of ether oxygens (including phenoxy) is 1. The van der Waals surface area contributed by atoms with Crippen LogP contribution in [0, 0.1) is 13.8 Å². The summed E-state index contributed by atoms with van der Waals surface area (Å²) in [6.45, 7) is 9.38. The number of aryl methyl sites for hydroxylation is 2. The molecule has 3 aromatic rings. The Bertz CT molecular complexity index is 1370. The van der Waals surface area contributed by atoms with Gasteiger partial charge in [-0.3, -0.25) is 9.10 Å². The molecule has 0 saturated heterocycles. The first kappa shape index (κ1) is 28.8. The maximum Gasteiger partial charge on any atom is 0.264 e. The third-order valence-electron chi connectivity index (χ3n) is 6.12. The second-order valence-corrected chi connectivity index (χ2v) is 12.1. The first-order chi connectivity index (χ1) is 17.3. The van der Waals surface area contributed by atoms with Crippen molar-refractivity contribution < 1.29 is 17.9 Å². The monoisotopic (exact) mass is 562 g/mol. The maximum absolute atomic E-state index is 13.6. The van der Waals surface area contributed by atoms with Gasteiger partial charge in [0, 0.05) is 10.0 Å². The lowest BCUT2D eigenvalue weighted by Gasteiger charge is -2.26. The Morgan fingerprint density at radius 3 is 2.08 bits per heavy atom. The van der Waals surface area contributed by atoms with Gasteiger partial charge in [0.05, 0.1) is 23.7 Å². The smallest absolute Gasteiger partial charge is 0.264 e. The zero-order valence-corrected chi connectivity index (χ0v) is 24.1. The van der Waals surface area contributed by atoms with E-state index in [1.165, 1.54) is 30.3 Å². The molecule has 1 amide bonds. The topological polar surface area (TPSA) is 75.7 Å². The number of anilines is 1. The number of hydrogen-bond acceptors (Lipinski definition) is 4. The summed E-state index contributed by atoms with van der Waals surface area (Å²) in [5.41, 5.74) is 4.03. The molecule has 3 rings (SSSR count). The van der Waals surface area contributed by atoms with Crippen molar-refractivity contribution in [3.8, 4) is 5.75 Å². The van der Waals surface area contributed by atoms with Gasteiger partial charge in [0.1, 0.15) is 12.3 Å². The number of carbonyl (C=O) groups excluding carboxylic acids is 1. The van der Waals surface area contributed by atoms with Crippen LogP contribution in [0.2, 0.25) is 10.0 Å². The van der Waals surface area contributed by atoms with Crippen molar-refractivity contribution in [1.82, 2.24) is 5.32 Å². The minimum atomic E-state index is -4.10. The van der Waals surface area contributed by atoms with Crippen LogP contribution in [-0.4, -0.2) is 28.0 Å². The summed E-state index contributed by atoms with van der Waals surface area (Å²) < 4.78 is 33.9. The van der Waals surface area contributed by atoms with Crippen molar-refractivity contribution in [3.05, 3.63) is 86.9 Å². The van der Waals surface area contributed by atoms with Gasteiger partial charge < -0.3 is 10.1 Å². The third kappa shape index (κ3) is 6.78. The predicted molar refractivity (Wildman–Crippen MR) is 151 cm³/mol. The van der Waals surface area contributed by atoms with Gasteiger partial charge in [-0.1, -0.05) is 54.7 Å². The molecule has 3 aromatic carbocycles. The summed E-state index contributed by atoms with van der Waals surface area (Å²) in [5, 5.41) is 3.47. The van der Waals surface area contributed by atoms with Crippen LogP contribution in [0.4, 0.5) is 5.69 Å². The molecule has 0 unspecified atom stereocenters. The van der Waals surface area contributed by atoms with E-state index in [4.69, 9.17) is 27.9 Å². The van der Waals surface area contributed by atoms with Gasteiger partial charge in [-0.15, -0.1) is 0 Å². The number of benzene rings is 3. The molecule has 37 heavy (non-hydrogen) atoms. The number of methoxy groups -OCH3 is 1. The summed E-state index contributed by atoms with van der Waals surface area (Å²) in [7, 11) is -2.46. The minimum Gasteiger partial charge on any atom is -0.496 e. The second-order valence-electron chi connectivity index (χ2n) is 9.35. The van der Waals surface area contributed by atoms with Crippen LogP contribution in [0.3, 0.4) is 0 Å². The normalized spacial score (nSPS) is 12.4. The van der Waals surface area contributed by atoms with E-state index in [1.54, 1.807) is 19.2 Å². The van der Waals surface area contributed by atoms with Gasteiger partial charge in [0.15, 0.2) is 0 Å². The number of halogens is 2. The van der Waals surface area contributed by atoms with Gasteiger partial charge in [0.2, 0.25) is 5.91 Å². The summed E-state index contributed by atoms with van der Waals surface area (Å²) in [6.07, 6.45) is 0. The molecule has 1 N–H and O–H groups in total. The number of carbonyl (C=O) groups is 1. The number of rotatable bonds is 9. The van der Waals surface area contributed by atoms with Crippen molar-refractivity contribution in [3.63, 3.8) is 0 Å². The van der Waals surface area contributed by atoms with E-state index in [0.29, 0.717) is 0 Å². The molecule has 0 bridgehead atoms. The fraction of sp³-hybridized carbons (Fsp3) is 0.321. The number of nitrogens with zero attached hydrogens (tertiary/aromatic N) is 1. The zero-order chi connectivity index (χ0) is 27.5. The summed E-state index contributed by atoms with van der Waals surface area (Å²) >= 11 is 12.4. The SMILES string of the molecule is COc1cc(C)c([C@@H](C)NC(=O)CN(c2cc(Cl)cc(Cl)c2)S(=O)(=O)c2ccc(C)cc2)cc1C(C)C. The van der Waals surface area contributed by atoms with Gasteiger partial charge in [-0.05, 0) is 85.8 Å². The summed E-state index contributed by atoms with van der Waals surface area (Å²) in [6, 6.07) is 14.5. The van der Waals surface area contributed by atoms with E-state index in [1.807, 2.05) is 32.9 Å². The Balaban J connectivity index is 1.95. The van der Waals surface area contributed by atoms with Gasteiger partial charge in [0.25, 0.3) is 10.0 Å². The largest absolute Gasteiger partial charge is 0.496 e. The maximum atomic E-state index is 13.6. The first-order valence-electron chi connectivity index (χ1n) is 11.9. The van der Waals surface area contributed by atoms with E-state index in [9.17, 15) is 13.2 Å². The van der Waals surface area contributed by atoms with Gasteiger partial charge in [-0.25, -0.2) is 8.42 Å². The minimum absolute atomic E-state index is 0.0580. The lowest BCUT2D eigenvalue weighted by molar-refractivity contribution is -0.120. The van der Waals surface area contributed by atoms with Crippen LogP contribution in [0.25, 0.3) is 0 Å². The molecule has 0 aromatic heterocycles. The average molecular weight is 564 g/mol. The van der Waals surface area contributed by atoms with Crippen molar-refractivity contribution in [2.24, 2.45) is 0 Å². The van der Waals surface area contributed by atoms with Crippen LogP contribution < -0.4 is 14.4 Å². The molecule has 0 heterocycles. The highest BCUT2D eigenvalue weighted by atomic mass is 35.5. The Morgan fingerprint density at radius 1 is 0.946 bits per heavy atom. The van der Waals surface area contributed by atoms with E-state index in [2.05, 4.69) is 19.2 Å². The lowest BCUT2D eigenvalue weighted by atomic mass is 9.93. The molecular weight excluding hydrogens is 531 g/mol. The Hall–Kier alpha value is -2.74. The van der Waals surface area contributed by atoms with E-state index >= 15 is 0 Å². The Kier molecular flexibility index (Phi) is 9.16. The molecule has 9 heteroatoms. The fourth-order valence-corrected chi connectivity index (χ4v) is 6.06. The van der Waals surface area contributed by atoms with E-state index < -0.39 is 22.5 Å². The number of nitrogens with one attached hydrogen (secondary N) is 1. The molecule has 0 saturated carbocycles. The van der Waals surface area contributed by atoms with Crippen LogP contribution >= 0.6 is 23.2 Å². The van der Waals surface area contributed by atoms with Gasteiger partial charge >= 0.3 is 0 Å². The van der Waals surface area contributed by atoms with E-state index in [-0.39, 0.29) is 32.6 Å². The zero-order valence-electron chi connectivity index (χ0n) is 21.8. The van der Waals surface area contributed by atoms with E-state index in [0.717, 1.165) is 32.3 Å². The standard InChI is InChI=1S/C28H32Cl2N2O4S/c1-17(2)25-15-26(19(4)11-27(25)36-6)20(5)31-28(33)16-32(23-13-21(29)12-22(30)14-23)37(34,35)24-9-7-18(3)8-10-24/h7-15,17,20H,16H2,1-6H3,(H,31,33)/t20-/m1/s1. The van der Waals surface area contributed by atoms with Crippen molar-refractivity contribution in [1.29, 1.82) is 0 Å². The second kappa shape index (κ2) is 11.8. The highest BCUT2D eigenvalue weighted by Crippen LogP contribution is 2.33. The van der Waals surface area contributed by atoms with Crippen molar-refractivity contribution in [2.45, 2.75) is 51.5 Å². The quantitative estimate of drug-likeness (QED) is 0.310. The predicted octanol–water partition coefficient (Wildman–Crippen LogP) is 6.81. The van der Waals surface area contributed by atoms with Crippen LogP contribution in [-0.2, 0) is 14.8 Å². The molecule has 198 valence electrons. The average Bonchev–Trinajstić information content (AvgIpc) is 2.81. The molecule has 0 spiro atoms. The number of sulfonamides is 1. The highest BCUT2D eigenvalue weighted by Gasteiger charge is 2.28.